The van der Waals surface area contributed by atoms with Gasteiger partial charge in [-0.1, -0.05) is 43.3 Å². The van der Waals surface area contributed by atoms with Crippen molar-refractivity contribution in [2.75, 3.05) is 6.61 Å². The Kier molecular flexibility index (Phi) is 6.07. The molecule has 6 heteroatoms. The summed E-state index contributed by atoms with van der Waals surface area (Å²) in [5.74, 6) is -0.296. The van der Waals surface area contributed by atoms with Crippen LogP contribution in [0.2, 0.25) is 0 Å². The molecular formula is C22H21N3O3. The van der Waals surface area contributed by atoms with Crippen molar-refractivity contribution in [1.82, 2.24) is 9.38 Å². The van der Waals surface area contributed by atoms with Crippen LogP contribution in [0.15, 0.2) is 54.2 Å². The van der Waals surface area contributed by atoms with Crippen LogP contribution < -0.4 is 4.74 Å². The van der Waals surface area contributed by atoms with Gasteiger partial charge in [0.1, 0.15) is 29.6 Å². The Hall–Kier alpha value is -3.59. The van der Waals surface area contributed by atoms with E-state index in [0.29, 0.717) is 18.2 Å². The summed E-state index contributed by atoms with van der Waals surface area (Å²) in [7, 11) is 0. The fraction of sp³-hybridized carbons (Fsp3) is 0.227. The molecule has 0 aliphatic rings. The quantitative estimate of drug-likeness (QED) is 0.353. The summed E-state index contributed by atoms with van der Waals surface area (Å²) in [6.45, 7) is 4.53. The minimum absolute atomic E-state index is 0.101. The molecule has 0 atom stereocenters. The third-order valence-electron chi connectivity index (χ3n) is 4.13. The lowest BCUT2D eigenvalue weighted by Gasteiger charge is -2.05. The zero-order chi connectivity index (χ0) is 19.9. The molecule has 0 fully saturated rings. The predicted octanol–water partition coefficient (Wildman–Crippen LogP) is 4.08. The van der Waals surface area contributed by atoms with Crippen molar-refractivity contribution in [2.24, 2.45) is 0 Å². The van der Waals surface area contributed by atoms with E-state index < -0.39 is 5.97 Å². The van der Waals surface area contributed by atoms with Gasteiger partial charge in [-0.25, -0.2) is 4.79 Å². The van der Waals surface area contributed by atoms with E-state index in [4.69, 9.17) is 9.47 Å². The molecule has 0 aliphatic carbocycles. The summed E-state index contributed by atoms with van der Waals surface area (Å²) in [5, 5.41) is 9.50. The molecule has 3 rings (SSSR count). The number of ether oxygens (including phenoxy) is 2. The Morgan fingerprint density at radius 1 is 1.25 bits per heavy atom. The van der Waals surface area contributed by atoms with Gasteiger partial charge in [0.05, 0.1) is 6.61 Å². The van der Waals surface area contributed by atoms with Crippen LogP contribution >= 0.6 is 0 Å². The smallest absolute Gasteiger partial charge is 0.349 e. The molecule has 142 valence electrons. The topological polar surface area (TPSA) is 76.6 Å². The van der Waals surface area contributed by atoms with Crippen molar-refractivity contribution in [3.8, 4) is 11.9 Å². The first-order valence-electron chi connectivity index (χ1n) is 9.07. The van der Waals surface area contributed by atoms with Crippen LogP contribution in [0, 0.1) is 18.3 Å². The van der Waals surface area contributed by atoms with Gasteiger partial charge < -0.3 is 9.47 Å². The van der Waals surface area contributed by atoms with E-state index in [-0.39, 0.29) is 12.2 Å². The van der Waals surface area contributed by atoms with Gasteiger partial charge in [-0.3, -0.25) is 4.40 Å². The number of nitriles is 1. The molecule has 0 spiro atoms. The lowest BCUT2D eigenvalue weighted by Crippen LogP contribution is -2.07. The second kappa shape index (κ2) is 8.87. The van der Waals surface area contributed by atoms with Crippen LogP contribution in [-0.2, 0) is 16.1 Å². The zero-order valence-corrected chi connectivity index (χ0v) is 15.9. The van der Waals surface area contributed by atoms with Crippen molar-refractivity contribution >= 4 is 17.7 Å². The lowest BCUT2D eigenvalue weighted by atomic mass is 10.2. The zero-order valence-electron chi connectivity index (χ0n) is 15.9. The number of fused-ring (bicyclic) bond motifs is 1. The highest BCUT2D eigenvalue weighted by atomic mass is 16.5. The van der Waals surface area contributed by atoms with Gasteiger partial charge in [0.2, 0.25) is 5.88 Å². The van der Waals surface area contributed by atoms with E-state index in [2.05, 4.69) is 4.98 Å². The number of hydrogen-bond donors (Lipinski definition) is 0. The number of nitrogens with zero attached hydrogens (tertiary/aromatic N) is 3. The maximum absolute atomic E-state index is 12.4. The summed E-state index contributed by atoms with van der Waals surface area (Å²) < 4.78 is 12.8. The largest absolute Gasteiger partial charge is 0.476 e. The van der Waals surface area contributed by atoms with Crippen LogP contribution in [-0.4, -0.2) is 22.0 Å². The minimum atomic E-state index is -0.685. The van der Waals surface area contributed by atoms with Crippen molar-refractivity contribution in [3.63, 3.8) is 0 Å². The van der Waals surface area contributed by atoms with Gasteiger partial charge in [0.25, 0.3) is 0 Å². The highest BCUT2D eigenvalue weighted by Crippen LogP contribution is 2.25. The first-order chi connectivity index (χ1) is 13.6. The van der Waals surface area contributed by atoms with Gasteiger partial charge in [0.15, 0.2) is 0 Å². The SMILES string of the molecule is CCCOc1nc2c(C)cccn2c1C=C(C#N)C(=O)OCc1ccccc1. The minimum Gasteiger partial charge on any atom is -0.476 e. The van der Waals surface area contributed by atoms with Crippen LogP contribution in [0.25, 0.3) is 11.7 Å². The van der Waals surface area contributed by atoms with E-state index in [0.717, 1.165) is 23.2 Å². The summed E-state index contributed by atoms with van der Waals surface area (Å²) in [6.07, 6.45) is 4.11. The Labute approximate surface area is 163 Å². The molecule has 0 bridgehead atoms. The summed E-state index contributed by atoms with van der Waals surface area (Å²) >= 11 is 0. The molecule has 0 N–H and O–H groups in total. The molecule has 2 heterocycles. The first-order valence-corrected chi connectivity index (χ1v) is 9.07. The standard InChI is InChI=1S/C22H21N3O3/c1-3-12-27-21-19(25-11-7-8-16(2)20(25)24-21)13-18(14-23)22(26)28-15-17-9-5-4-6-10-17/h4-11,13H,3,12,15H2,1-2H3. The van der Waals surface area contributed by atoms with Crippen LogP contribution in [0.3, 0.4) is 0 Å². The molecule has 0 unspecified atom stereocenters. The molecular weight excluding hydrogens is 354 g/mol. The number of aryl methyl sites for hydroxylation is 1. The first kappa shape index (κ1) is 19.2. The fourth-order valence-electron chi connectivity index (χ4n) is 2.71. The van der Waals surface area contributed by atoms with E-state index in [1.807, 2.05) is 73.0 Å². The predicted molar refractivity (Wildman–Crippen MR) is 106 cm³/mol. The summed E-state index contributed by atoms with van der Waals surface area (Å²) in [5.41, 5.74) is 2.97. The van der Waals surface area contributed by atoms with Gasteiger partial charge in [-0.2, -0.15) is 10.2 Å². The number of pyridine rings is 1. The van der Waals surface area contributed by atoms with Gasteiger partial charge in [-0.15, -0.1) is 0 Å². The molecule has 3 aromatic rings. The van der Waals surface area contributed by atoms with Crippen molar-refractivity contribution < 1.29 is 14.3 Å². The summed E-state index contributed by atoms with van der Waals surface area (Å²) in [6, 6.07) is 15.1. The number of carbonyl (C=O) groups is 1. The van der Waals surface area contributed by atoms with Gasteiger partial charge in [-0.05, 0) is 36.6 Å². The maximum Gasteiger partial charge on any atom is 0.349 e. The number of aromatic nitrogens is 2. The second-order valence-corrected chi connectivity index (χ2v) is 6.27. The monoisotopic (exact) mass is 375 g/mol. The third kappa shape index (κ3) is 4.21. The Morgan fingerprint density at radius 2 is 2.04 bits per heavy atom. The highest BCUT2D eigenvalue weighted by Gasteiger charge is 2.17. The number of hydrogen-bond acceptors (Lipinski definition) is 5. The normalized spacial score (nSPS) is 11.2. The van der Waals surface area contributed by atoms with Crippen molar-refractivity contribution in [1.29, 1.82) is 5.26 Å². The molecule has 6 nitrogen and oxygen atoms in total. The Balaban J connectivity index is 1.92. The maximum atomic E-state index is 12.4. The second-order valence-electron chi connectivity index (χ2n) is 6.27. The van der Waals surface area contributed by atoms with E-state index >= 15 is 0 Å². The molecule has 0 saturated heterocycles. The Bertz CT molecular complexity index is 1050. The number of carbonyl (C=O) groups excluding carboxylic acids is 1. The molecule has 0 aliphatic heterocycles. The fourth-order valence-corrected chi connectivity index (χ4v) is 2.71. The van der Waals surface area contributed by atoms with Gasteiger partial charge >= 0.3 is 5.97 Å². The number of benzene rings is 1. The van der Waals surface area contributed by atoms with Crippen LogP contribution in [0.4, 0.5) is 0 Å². The average Bonchev–Trinajstić information content (AvgIpc) is 3.08. The number of rotatable bonds is 7. The van der Waals surface area contributed by atoms with Crippen molar-refractivity contribution in [3.05, 3.63) is 71.1 Å². The molecule has 0 radical (unpaired) electrons. The van der Waals surface area contributed by atoms with E-state index in [1.165, 1.54) is 6.08 Å². The van der Waals surface area contributed by atoms with E-state index in [1.54, 1.807) is 0 Å². The average molecular weight is 375 g/mol. The summed E-state index contributed by atoms with van der Waals surface area (Å²) in [4.78, 5) is 16.9. The molecule has 2 aromatic heterocycles. The Morgan fingerprint density at radius 3 is 2.75 bits per heavy atom. The van der Waals surface area contributed by atoms with Gasteiger partial charge in [0, 0.05) is 6.20 Å². The van der Waals surface area contributed by atoms with Crippen molar-refractivity contribution in [2.45, 2.75) is 26.9 Å². The molecule has 1 aromatic carbocycles. The molecule has 0 amide bonds. The van der Waals surface area contributed by atoms with Crippen LogP contribution in [0.5, 0.6) is 5.88 Å². The lowest BCUT2D eigenvalue weighted by molar-refractivity contribution is -0.139. The molecule has 28 heavy (non-hydrogen) atoms. The highest BCUT2D eigenvalue weighted by molar-refractivity contribution is 5.98. The third-order valence-corrected chi connectivity index (χ3v) is 4.13. The number of esters is 1. The van der Waals surface area contributed by atoms with E-state index in [9.17, 15) is 10.1 Å². The van der Waals surface area contributed by atoms with Crippen LogP contribution in [0.1, 0.15) is 30.2 Å². The molecule has 0 saturated carbocycles. The number of imidazole rings is 1.